The first kappa shape index (κ1) is 7.69. The van der Waals surface area contributed by atoms with Crippen LogP contribution in [0.25, 0.3) is 10.9 Å². The third-order valence-corrected chi connectivity index (χ3v) is 2.02. The quantitative estimate of drug-likeness (QED) is 0.715. The molecule has 64 valence electrons. The summed E-state index contributed by atoms with van der Waals surface area (Å²) in [5.41, 5.74) is 1.47. The molecule has 0 amide bonds. The van der Waals surface area contributed by atoms with Crippen molar-refractivity contribution in [1.29, 1.82) is 5.26 Å². The molecule has 0 saturated carbocycles. The van der Waals surface area contributed by atoms with Crippen molar-refractivity contribution in [3.05, 3.63) is 30.0 Å². The number of H-pyrrole nitrogens is 1. The molecule has 0 aliphatic heterocycles. The lowest BCUT2D eigenvalue weighted by Crippen LogP contribution is -1.85. The van der Waals surface area contributed by atoms with Gasteiger partial charge < -0.3 is 9.72 Å². The van der Waals surface area contributed by atoms with Crippen LogP contribution in [-0.2, 0) is 0 Å². The third kappa shape index (κ3) is 1.04. The van der Waals surface area contributed by atoms with Crippen molar-refractivity contribution in [1.82, 2.24) is 4.98 Å². The highest BCUT2D eigenvalue weighted by molar-refractivity contribution is 5.90. The van der Waals surface area contributed by atoms with E-state index in [1.807, 2.05) is 6.07 Å². The first-order chi connectivity index (χ1) is 6.36. The largest absolute Gasteiger partial charge is 0.496 e. The molecule has 0 aliphatic carbocycles. The van der Waals surface area contributed by atoms with Crippen LogP contribution in [0, 0.1) is 11.3 Å². The SMILES string of the molecule is COc1ccc(C#N)c2[nH]ccc12. The van der Waals surface area contributed by atoms with Gasteiger partial charge in [0.1, 0.15) is 11.8 Å². The maximum absolute atomic E-state index is 8.81. The van der Waals surface area contributed by atoms with Gasteiger partial charge in [0, 0.05) is 11.6 Å². The predicted molar refractivity (Wildman–Crippen MR) is 49.6 cm³/mol. The Hall–Kier alpha value is -1.95. The number of hydrogen-bond donors (Lipinski definition) is 1. The molecule has 3 nitrogen and oxygen atoms in total. The molecule has 0 spiro atoms. The molecule has 1 aromatic heterocycles. The summed E-state index contributed by atoms with van der Waals surface area (Å²) in [6.07, 6.45) is 1.80. The van der Waals surface area contributed by atoms with Crippen LogP contribution >= 0.6 is 0 Å². The van der Waals surface area contributed by atoms with Crippen molar-refractivity contribution in [2.45, 2.75) is 0 Å². The van der Waals surface area contributed by atoms with Crippen LogP contribution in [0.3, 0.4) is 0 Å². The molecule has 1 N–H and O–H groups in total. The lowest BCUT2D eigenvalue weighted by Gasteiger charge is -2.01. The van der Waals surface area contributed by atoms with E-state index in [4.69, 9.17) is 10.00 Å². The van der Waals surface area contributed by atoms with E-state index >= 15 is 0 Å². The minimum absolute atomic E-state index is 0.640. The number of nitrogens with one attached hydrogen (secondary N) is 1. The monoisotopic (exact) mass is 172 g/mol. The van der Waals surface area contributed by atoms with E-state index in [1.54, 1.807) is 25.4 Å². The Labute approximate surface area is 75.6 Å². The minimum Gasteiger partial charge on any atom is -0.496 e. The van der Waals surface area contributed by atoms with Gasteiger partial charge in [0.15, 0.2) is 0 Å². The summed E-state index contributed by atoms with van der Waals surface area (Å²) in [7, 11) is 1.62. The molecule has 1 heterocycles. The number of aromatic nitrogens is 1. The first-order valence-corrected chi connectivity index (χ1v) is 3.91. The number of benzene rings is 1. The molecule has 0 fully saturated rings. The number of ether oxygens (including phenoxy) is 1. The summed E-state index contributed by atoms with van der Waals surface area (Å²) in [6.45, 7) is 0. The Balaban J connectivity index is 2.83. The van der Waals surface area contributed by atoms with Crippen LogP contribution in [-0.4, -0.2) is 12.1 Å². The Morgan fingerprint density at radius 3 is 2.92 bits per heavy atom. The van der Waals surface area contributed by atoms with E-state index < -0.39 is 0 Å². The fourth-order valence-corrected chi connectivity index (χ4v) is 1.40. The number of hydrogen-bond acceptors (Lipinski definition) is 2. The fraction of sp³-hybridized carbons (Fsp3) is 0.100. The molecule has 13 heavy (non-hydrogen) atoms. The van der Waals surface area contributed by atoms with Gasteiger partial charge in [-0.05, 0) is 18.2 Å². The van der Waals surface area contributed by atoms with Crippen molar-refractivity contribution < 1.29 is 4.74 Å². The van der Waals surface area contributed by atoms with Gasteiger partial charge in [0.05, 0.1) is 18.2 Å². The Bertz CT molecular complexity index is 479. The van der Waals surface area contributed by atoms with E-state index in [9.17, 15) is 0 Å². The molecule has 0 aliphatic rings. The summed E-state index contributed by atoms with van der Waals surface area (Å²) in [4.78, 5) is 3.01. The Morgan fingerprint density at radius 1 is 1.38 bits per heavy atom. The minimum atomic E-state index is 0.640. The van der Waals surface area contributed by atoms with Crippen LogP contribution < -0.4 is 4.74 Å². The number of aromatic amines is 1. The van der Waals surface area contributed by atoms with Crippen molar-refractivity contribution in [2.24, 2.45) is 0 Å². The van der Waals surface area contributed by atoms with Gasteiger partial charge in [-0.25, -0.2) is 0 Å². The van der Waals surface area contributed by atoms with Crippen LogP contribution in [0.15, 0.2) is 24.4 Å². The number of fused-ring (bicyclic) bond motifs is 1. The summed E-state index contributed by atoms with van der Waals surface area (Å²) < 4.78 is 5.16. The van der Waals surface area contributed by atoms with Crippen molar-refractivity contribution in [3.63, 3.8) is 0 Å². The molecule has 0 unspecified atom stereocenters. The summed E-state index contributed by atoms with van der Waals surface area (Å²) >= 11 is 0. The first-order valence-electron chi connectivity index (χ1n) is 3.91. The fourth-order valence-electron chi connectivity index (χ4n) is 1.40. The van der Waals surface area contributed by atoms with Crippen molar-refractivity contribution in [2.75, 3.05) is 7.11 Å². The molecular formula is C10H8N2O. The highest BCUT2D eigenvalue weighted by Gasteiger charge is 2.05. The van der Waals surface area contributed by atoms with Crippen LogP contribution in [0.4, 0.5) is 0 Å². The lowest BCUT2D eigenvalue weighted by molar-refractivity contribution is 0.420. The van der Waals surface area contributed by atoms with Crippen LogP contribution in [0.5, 0.6) is 5.75 Å². The van der Waals surface area contributed by atoms with E-state index in [0.29, 0.717) is 5.56 Å². The number of nitrogens with zero attached hydrogens (tertiary/aromatic N) is 1. The highest BCUT2D eigenvalue weighted by Crippen LogP contribution is 2.26. The topological polar surface area (TPSA) is 48.8 Å². The van der Waals surface area contributed by atoms with Gasteiger partial charge in [-0.1, -0.05) is 0 Å². The summed E-state index contributed by atoms with van der Waals surface area (Å²) in [5.74, 6) is 0.787. The molecule has 2 rings (SSSR count). The average molecular weight is 172 g/mol. The van der Waals surface area contributed by atoms with Gasteiger partial charge in [-0.2, -0.15) is 5.26 Å². The molecule has 0 saturated heterocycles. The number of methoxy groups -OCH3 is 1. The smallest absolute Gasteiger partial charge is 0.128 e. The second kappa shape index (κ2) is 2.83. The number of rotatable bonds is 1. The van der Waals surface area contributed by atoms with E-state index in [-0.39, 0.29) is 0 Å². The van der Waals surface area contributed by atoms with Crippen LogP contribution in [0.2, 0.25) is 0 Å². The standard InChI is InChI=1S/C10H8N2O/c1-13-9-3-2-7(6-11)10-8(9)4-5-12-10/h2-5,12H,1H3. The van der Waals surface area contributed by atoms with E-state index in [1.165, 1.54) is 0 Å². The maximum Gasteiger partial charge on any atom is 0.128 e. The van der Waals surface area contributed by atoms with E-state index in [2.05, 4.69) is 11.1 Å². The maximum atomic E-state index is 8.81. The Kier molecular flexibility index (Phi) is 1.67. The Morgan fingerprint density at radius 2 is 2.23 bits per heavy atom. The van der Waals surface area contributed by atoms with Gasteiger partial charge in [-0.15, -0.1) is 0 Å². The van der Waals surface area contributed by atoms with Crippen LogP contribution in [0.1, 0.15) is 5.56 Å². The molecular weight excluding hydrogens is 164 g/mol. The zero-order valence-corrected chi connectivity index (χ0v) is 7.16. The molecule has 0 bridgehead atoms. The van der Waals surface area contributed by atoms with Crippen molar-refractivity contribution in [3.8, 4) is 11.8 Å². The molecule has 1 aromatic carbocycles. The summed E-state index contributed by atoms with van der Waals surface area (Å²) in [6, 6.07) is 7.57. The zero-order valence-electron chi connectivity index (χ0n) is 7.16. The van der Waals surface area contributed by atoms with Gasteiger partial charge in [0.25, 0.3) is 0 Å². The highest BCUT2D eigenvalue weighted by atomic mass is 16.5. The van der Waals surface area contributed by atoms with E-state index in [0.717, 1.165) is 16.7 Å². The second-order valence-corrected chi connectivity index (χ2v) is 2.69. The van der Waals surface area contributed by atoms with Crippen molar-refractivity contribution >= 4 is 10.9 Å². The molecule has 0 radical (unpaired) electrons. The third-order valence-electron chi connectivity index (χ3n) is 2.02. The lowest BCUT2D eigenvalue weighted by atomic mass is 10.1. The summed E-state index contributed by atoms with van der Waals surface area (Å²) in [5, 5.41) is 9.75. The molecule has 0 atom stereocenters. The second-order valence-electron chi connectivity index (χ2n) is 2.69. The normalized spacial score (nSPS) is 9.85. The van der Waals surface area contributed by atoms with Gasteiger partial charge in [0.2, 0.25) is 0 Å². The van der Waals surface area contributed by atoms with Gasteiger partial charge >= 0.3 is 0 Å². The zero-order chi connectivity index (χ0) is 9.26. The average Bonchev–Trinajstić information content (AvgIpc) is 2.64. The van der Waals surface area contributed by atoms with Gasteiger partial charge in [-0.3, -0.25) is 0 Å². The predicted octanol–water partition coefficient (Wildman–Crippen LogP) is 2.05. The number of nitriles is 1. The molecule has 3 heteroatoms. The molecule has 2 aromatic rings.